The number of benzene rings is 1. The molecule has 12 heteroatoms. The molecule has 4 rings (SSSR count). The van der Waals surface area contributed by atoms with E-state index >= 15 is 0 Å². The molecule has 0 saturated carbocycles. The summed E-state index contributed by atoms with van der Waals surface area (Å²) < 4.78 is 55.1. The number of alkyl halides is 3. The summed E-state index contributed by atoms with van der Waals surface area (Å²) >= 11 is 0. The fourth-order valence-corrected chi connectivity index (χ4v) is 3.40. The number of rotatable bonds is 6. The Balaban J connectivity index is 1.35. The molecule has 3 aromatic rings. The summed E-state index contributed by atoms with van der Waals surface area (Å²) in [5.74, 6) is -1.54. The predicted octanol–water partition coefficient (Wildman–Crippen LogP) is 2.88. The Bertz CT molecular complexity index is 1080. The molecule has 33 heavy (non-hydrogen) atoms. The summed E-state index contributed by atoms with van der Waals surface area (Å²) in [6, 6.07) is 5.90. The average molecular weight is 464 g/mol. The van der Waals surface area contributed by atoms with Gasteiger partial charge in [-0.1, -0.05) is 29.4 Å². The summed E-state index contributed by atoms with van der Waals surface area (Å²) in [7, 11) is 0. The van der Waals surface area contributed by atoms with Crippen molar-refractivity contribution < 1.29 is 27.2 Å². The Kier molecular flexibility index (Phi) is 6.65. The van der Waals surface area contributed by atoms with Gasteiger partial charge in [0.2, 0.25) is 11.8 Å². The molecule has 0 aliphatic carbocycles. The molecule has 1 aliphatic heterocycles. The summed E-state index contributed by atoms with van der Waals surface area (Å²) in [5, 5.41) is 13.1. The highest BCUT2D eigenvalue weighted by atomic mass is 19.4. The van der Waals surface area contributed by atoms with E-state index in [0.29, 0.717) is 32.1 Å². The van der Waals surface area contributed by atoms with Gasteiger partial charge in [0.25, 0.3) is 0 Å². The van der Waals surface area contributed by atoms with Crippen molar-refractivity contribution >= 4 is 12.0 Å². The van der Waals surface area contributed by atoms with Crippen LogP contribution in [0.25, 0.3) is 17.5 Å². The molecular weight excluding hydrogens is 444 g/mol. The second kappa shape index (κ2) is 9.63. The minimum Gasteiger partial charge on any atom is -0.394 e. The zero-order chi connectivity index (χ0) is 23.4. The van der Waals surface area contributed by atoms with Gasteiger partial charge in [-0.15, -0.1) is 0 Å². The van der Waals surface area contributed by atoms with Crippen molar-refractivity contribution in [2.75, 3.05) is 37.7 Å². The lowest BCUT2D eigenvalue weighted by Gasteiger charge is -2.37. The first-order chi connectivity index (χ1) is 15.8. The fourth-order valence-electron chi connectivity index (χ4n) is 3.40. The molecule has 0 amide bonds. The third-order valence-corrected chi connectivity index (χ3v) is 5.20. The zero-order valence-corrected chi connectivity index (χ0v) is 17.3. The monoisotopic (exact) mass is 464 g/mol. The highest BCUT2D eigenvalue weighted by molar-refractivity contribution is 5.52. The van der Waals surface area contributed by atoms with Crippen LogP contribution in [-0.4, -0.2) is 68.9 Å². The molecule has 0 bridgehead atoms. The lowest BCUT2D eigenvalue weighted by molar-refractivity contribution is -0.159. The van der Waals surface area contributed by atoms with Crippen LogP contribution >= 0.6 is 0 Å². The summed E-state index contributed by atoms with van der Waals surface area (Å²) in [4.78, 5) is 15.8. The number of aromatic nitrogens is 4. The van der Waals surface area contributed by atoms with Crippen molar-refractivity contribution in [1.82, 2.24) is 25.0 Å². The van der Waals surface area contributed by atoms with E-state index in [1.807, 2.05) is 17.1 Å². The molecular formula is C21H20F4N6O2. The second-order valence-electron chi connectivity index (χ2n) is 7.38. The maximum absolute atomic E-state index is 13.0. The largest absolute Gasteiger partial charge is 0.471 e. The van der Waals surface area contributed by atoms with Gasteiger partial charge >= 0.3 is 12.1 Å². The number of piperazine rings is 1. The number of nitrogens with zero attached hydrogens (tertiary/aromatic N) is 6. The molecule has 2 aromatic heterocycles. The first-order valence-electron chi connectivity index (χ1n) is 10.1. The third-order valence-electron chi connectivity index (χ3n) is 5.20. The summed E-state index contributed by atoms with van der Waals surface area (Å²) in [5.41, 5.74) is 1.05. The maximum Gasteiger partial charge on any atom is 0.471 e. The van der Waals surface area contributed by atoms with Crippen LogP contribution in [0.3, 0.4) is 0 Å². The van der Waals surface area contributed by atoms with Gasteiger partial charge in [0.05, 0.1) is 18.2 Å². The molecule has 1 aliphatic rings. The molecule has 0 radical (unpaired) electrons. The molecule has 1 unspecified atom stereocenters. The molecule has 3 heterocycles. The van der Waals surface area contributed by atoms with Crippen molar-refractivity contribution in [2.45, 2.75) is 12.2 Å². The molecule has 8 nitrogen and oxygen atoms in total. The lowest BCUT2D eigenvalue weighted by Crippen LogP contribution is -2.51. The van der Waals surface area contributed by atoms with Gasteiger partial charge in [-0.2, -0.15) is 18.2 Å². The van der Waals surface area contributed by atoms with E-state index in [1.54, 1.807) is 12.1 Å². The molecule has 174 valence electrons. The smallest absolute Gasteiger partial charge is 0.394 e. The molecule has 0 spiro atoms. The first kappa shape index (κ1) is 22.8. The van der Waals surface area contributed by atoms with E-state index in [9.17, 15) is 22.7 Å². The van der Waals surface area contributed by atoms with Crippen molar-refractivity contribution in [1.29, 1.82) is 0 Å². The topological polar surface area (TPSA) is 91.4 Å². The standard InChI is InChI=1S/C21H20F4N6O2/c22-16-4-1-14(2-5-16)3-6-17(13-32)30-7-9-31(10-8-30)20-26-11-15(12-27-20)18-28-19(33-29-18)21(23,24)25/h1-6,11-12,17,32H,7-10,13H2/b6-3+. The van der Waals surface area contributed by atoms with E-state index in [1.165, 1.54) is 24.5 Å². The fraction of sp³-hybridized carbons (Fsp3) is 0.333. The van der Waals surface area contributed by atoms with Crippen molar-refractivity contribution in [3.8, 4) is 11.4 Å². The van der Waals surface area contributed by atoms with E-state index in [2.05, 4.69) is 29.5 Å². The Labute approximate surface area is 186 Å². The van der Waals surface area contributed by atoms with Gasteiger partial charge in [0.1, 0.15) is 5.82 Å². The lowest BCUT2D eigenvalue weighted by atomic mass is 10.1. The Hall–Kier alpha value is -3.38. The van der Waals surface area contributed by atoms with E-state index in [4.69, 9.17) is 0 Å². The van der Waals surface area contributed by atoms with Gasteiger partial charge in [-0.05, 0) is 17.7 Å². The highest BCUT2D eigenvalue weighted by Gasteiger charge is 2.38. The van der Waals surface area contributed by atoms with Crippen LogP contribution in [0.2, 0.25) is 0 Å². The van der Waals surface area contributed by atoms with Crippen LogP contribution in [0.5, 0.6) is 0 Å². The van der Waals surface area contributed by atoms with Gasteiger partial charge in [0.15, 0.2) is 0 Å². The summed E-state index contributed by atoms with van der Waals surface area (Å²) in [6.07, 6.45) is 1.71. The molecule has 1 N–H and O–H groups in total. The van der Waals surface area contributed by atoms with Crippen LogP contribution in [0, 0.1) is 5.82 Å². The number of aliphatic hydroxyl groups excluding tert-OH is 1. The minimum absolute atomic E-state index is 0.0620. The molecule has 1 fully saturated rings. The van der Waals surface area contributed by atoms with Crippen LogP contribution in [0.1, 0.15) is 11.5 Å². The second-order valence-corrected chi connectivity index (χ2v) is 7.38. The van der Waals surface area contributed by atoms with Crippen molar-refractivity contribution in [3.63, 3.8) is 0 Å². The van der Waals surface area contributed by atoms with E-state index in [0.717, 1.165) is 5.56 Å². The molecule has 1 atom stereocenters. The van der Waals surface area contributed by atoms with Crippen molar-refractivity contribution in [2.24, 2.45) is 0 Å². The number of aliphatic hydroxyl groups is 1. The number of hydrogen-bond acceptors (Lipinski definition) is 8. The molecule has 1 aromatic carbocycles. The van der Waals surface area contributed by atoms with E-state index in [-0.39, 0.29) is 29.9 Å². The van der Waals surface area contributed by atoms with E-state index < -0.39 is 12.1 Å². The Morgan fingerprint density at radius 2 is 1.73 bits per heavy atom. The predicted molar refractivity (Wildman–Crippen MR) is 110 cm³/mol. The van der Waals surface area contributed by atoms with Crippen molar-refractivity contribution in [3.05, 3.63) is 60.0 Å². The average Bonchev–Trinajstić information content (AvgIpc) is 3.32. The van der Waals surface area contributed by atoms with Crippen LogP contribution < -0.4 is 4.90 Å². The molecule has 1 saturated heterocycles. The summed E-state index contributed by atoms with van der Waals surface area (Å²) in [6.45, 7) is 2.42. The highest BCUT2D eigenvalue weighted by Crippen LogP contribution is 2.29. The number of halogens is 4. The Morgan fingerprint density at radius 3 is 2.30 bits per heavy atom. The van der Waals surface area contributed by atoms with Gasteiger partial charge in [0, 0.05) is 38.6 Å². The minimum atomic E-state index is -4.72. The first-order valence-corrected chi connectivity index (χ1v) is 10.1. The van der Waals surface area contributed by atoms with Crippen LogP contribution in [0.15, 0.2) is 47.3 Å². The SMILES string of the molecule is OCC(/C=C/c1ccc(F)cc1)N1CCN(c2ncc(-c3noc(C(F)(F)F)n3)cn2)CC1. The zero-order valence-electron chi connectivity index (χ0n) is 17.3. The quantitative estimate of drug-likeness (QED) is 0.557. The Morgan fingerprint density at radius 1 is 1.06 bits per heavy atom. The number of anilines is 1. The van der Waals surface area contributed by atoms with Gasteiger partial charge in [-0.3, -0.25) is 4.90 Å². The maximum atomic E-state index is 13.0. The number of hydrogen-bond donors (Lipinski definition) is 1. The van der Waals surface area contributed by atoms with Crippen LogP contribution in [0.4, 0.5) is 23.5 Å². The third kappa shape index (κ3) is 5.52. The van der Waals surface area contributed by atoms with Crippen LogP contribution in [-0.2, 0) is 6.18 Å². The van der Waals surface area contributed by atoms with Gasteiger partial charge < -0.3 is 14.5 Å². The van der Waals surface area contributed by atoms with Gasteiger partial charge in [-0.25, -0.2) is 14.4 Å². The normalized spacial score (nSPS) is 16.5.